The van der Waals surface area contributed by atoms with Crippen molar-refractivity contribution in [1.29, 1.82) is 0 Å². The number of benzene rings is 1. The summed E-state index contributed by atoms with van der Waals surface area (Å²) in [6, 6.07) is 6.36. The van der Waals surface area contributed by atoms with Crippen LogP contribution in [0, 0.1) is 0 Å². The van der Waals surface area contributed by atoms with Crippen LogP contribution in [0.15, 0.2) is 18.2 Å². The Morgan fingerprint density at radius 3 is 2.93 bits per heavy atom. The molecule has 0 amide bonds. The molecule has 2 unspecified atom stereocenters. The van der Waals surface area contributed by atoms with Gasteiger partial charge in [-0.2, -0.15) is 0 Å². The summed E-state index contributed by atoms with van der Waals surface area (Å²) in [6.07, 6.45) is 2.30. The van der Waals surface area contributed by atoms with E-state index in [4.69, 9.17) is 10.5 Å². The van der Waals surface area contributed by atoms with Crippen molar-refractivity contribution in [2.75, 3.05) is 13.7 Å². The highest BCUT2D eigenvalue weighted by atomic mass is 16.5. The van der Waals surface area contributed by atoms with E-state index in [1.807, 2.05) is 0 Å². The van der Waals surface area contributed by atoms with Crippen LogP contribution < -0.4 is 10.5 Å². The lowest BCUT2D eigenvalue weighted by Crippen LogP contribution is -2.04. The van der Waals surface area contributed by atoms with Gasteiger partial charge in [-0.15, -0.1) is 0 Å². The third kappa shape index (κ3) is 1.74. The maximum atomic E-state index is 5.65. The van der Waals surface area contributed by atoms with Gasteiger partial charge in [0, 0.05) is 5.56 Å². The SMILES string of the molecule is COc1cccc2c1C(C)CC2CCN. The van der Waals surface area contributed by atoms with E-state index < -0.39 is 0 Å². The van der Waals surface area contributed by atoms with Crippen molar-refractivity contribution in [3.8, 4) is 5.75 Å². The minimum absolute atomic E-state index is 0.604. The van der Waals surface area contributed by atoms with Gasteiger partial charge in [0.05, 0.1) is 7.11 Å². The first kappa shape index (κ1) is 10.5. The van der Waals surface area contributed by atoms with Gasteiger partial charge in [-0.25, -0.2) is 0 Å². The van der Waals surface area contributed by atoms with Gasteiger partial charge >= 0.3 is 0 Å². The van der Waals surface area contributed by atoms with E-state index in [0.717, 1.165) is 18.7 Å². The van der Waals surface area contributed by atoms with Gasteiger partial charge in [-0.1, -0.05) is 19.1 Å². The minimum atomic E-state index is 0.604. The number of fused-ring (bicyclic) bond motifs is 1. The fourth-order valence-electron chi connectivity index (χ4n) is 2.77. The summed E-state index contributed by atoms with van der Waals surface area (Å²) < 4.78 is 5.42. The van der Waals surface area contributed by atoms with E-state index >= 15 is 0 Å². The molecule has 2 N–H and O–H groups in total. The van der Waals surface area contributed by atoms with Crippen LogP contribution in [0.4, 0.5) is 0 Å². The molecular formula is C13H19NO. The Labute approximate surface area is 91.4 Å². The number of rotatable bonds is 3. The van der Waals surface area contributed by atoms with Crippen LogP contribution in [0.2, 0.25) is 0 Å². The van der Waals surface area contributed by atoms with E-state index in [1.54, 1.807) is 7.11 Å². The summed E-state index contributed by atoms with van der Waals surface area (Å²) in [7, 11) is 1.75. The largest absolute Gasteiger partial charge is 0.496 e. The molecule has 2 atom stereocenters. The molecule has 0 saturated heterocycles. The van der Waals surface area contributed by atoms with Gasteiger partial charge in [-0.3, -0.25) is 0 Å². The van der Waals surface area contributed by atoms with Crippen molar-refractivity contribution in [3.63, 3.8) is 0 Å². The highest BCUT2D eigenvalue weighted by Crippen LogP contribution is 2.46. The van der Waals surface area contributed by atoms with E-state index in [2.05, 4.69) is 25.1 Å². The van der Waals surface area contributed by atoms with Crippen LogP contribution >= 0.6 is 0 Å². The maximum absolute atomic E-state index is 5.65. The first-order valence-electron chi connectivity index (χ1n) is 5.64. The quantitative estimate of drug-likeness (QED) is 0.823. The third-order valence-electron chi connectivity index (χ3n) is 3.41. The molecule has 82 valence electrons. The van der Waals surface area contributed by atoms with Gasteiger partial charge in [0.25, 0.3) is 0 Å². The summed E-state index contributed by atoms with van der Waals surface area (Å²) in [5.41, 5.74) is 8.50. The number of ether oxygens (including phenoxy) is 1. The standard InChI is InChI=1S/C13H19NO/c1-9-8-10(6-7-14)11-4-3-5-12(15-2)13(9)11/h3-5,9-10H,6-8,14H2,1-2H3. The molecule has 0 bridgehead atoms. The molecule has 0 saturated carbocycles. The van der Waals surface area contributed by atoms with Crippen molar-refractivity contribution in [1.82, 2.24) is 0 Å². The fourth-order valence-corrected chi connectivity index (χ4v) is 2.77. The van der Waals surface area contributed by atoms with Gasteiger partial charge < -0.3 is 10.5 Å². The fraction of sp³-hybridized carbons (Fsp3) is 0.538. The Morgan fingerprint density at radius 1 is 1.47 bits per heavy atom. The highest BCUT2D eigenvalue weighted by molar-refractivity contribution is 5.47. The van der Waals surface area contributed by atoms with Crippen LogP contribution in [-0.4, -0.2) is 13.7 Å². The lowest BCUT2D eigenvalue weighted by atomic mass is 9.98. The summed E-state index contributed by atoms with van der Waals surface area (Å²) in [4.78, 5) is 0. The molecule has 0 heterocycles. The normalized spacial score (nSPS) is 23.9. The maximum Gasteiger partial charge on any atom is 0.122 e. The zero-order valence-corrected chi connectivity index (χ0v) is 9.49. The summed E-state index contributed by atoms with van der Waals surface area (Å²) in [6.45, 7) is 3.05. The van der Waals surface area contributed by atoms with Crippen LogP contribution in [0.1, 0.15) is 42.7 Å². The second-order valence-electron chi connectivity index (χ2n) is 4.37. The van der Waals surface area contributed by atoms with E-state index in [0.29, 0.717) is 11.8 Å². The zero-order valence-electron chi connectivity index (χ0n) is 9.49. The van der Waals surface area contributed by atoms with Gasteiger partial charge in [-0.05, 0) is 42.9 Å². The Hall–Kier alpha value is -1.02. The average Bonchev–Trinajstić information content (AvgIpc) is 2.57. The molecular weight excluding hydrogens is 186 g/mol. The van der Waals surface area contributed by atoms with E-state index in [1.165, 1.54) is 17.5 Å². The molecule has 0 aromatic heterocycles. The first-order chi connectivity index (χ1) is 7.27. The molecule has 1 aliphatic carbocycles. The molecule has 2 rings (SSSR count). The Bertz CT molecular complexity index is 348. The van der Waals surface area contributed by atoms with E-state index in [9.17, 15) is 0 Å². The first-order valence-corrected chi connectivity index (χ1v) is 5.64. The second-order valence-corrected chi connectivity index (χ2v) is 4.37. The second kappa shape index (κ2) is 4.23. The molecule has 2 heteroatoms. The minimum Gasteiger partial charge on any atom is -0.496 e. The van der Waals surface area contributed by atoms with Crippen LogP contribution in [-0.2, 0) is 0 Å². The molecule has 1 aromatic rings. The lowest BCUT2D eigenvalue weighted by molar-refractivity contribution is 0.407. The smallest absolute Gasteiger partial charge is 0.122 e. The van der Waals surface area contributed by atoms with Crippen molar-refractivity contribution >= 4 is 0 Å². The average molecular weight is 205 g/mol. The van der Waals surface area contributed by atoms with Crippen molar-refractivity contribution in [3.05, 3.63) is 29.3 Å². The molecule has 0 fully saturated rings. The number of methoxy groups -OCH3 is 1. The Kier molecular flexibility index (Phi) is 2.96. The summed E-state index contributed by atoms with van der Waals surface area (Å²) >= 11 is 0. The summed E-state index contributed by atoms with van der Waals surface area (Å²) in [5, 5.41) is 0. The summed E-state index contributed by atoms with van der Waals surface area (Å²) in [5.74, 6) is 2.28. The number of hydrogen-bond acceptors (Lipinski definition) is 2. The van der Waals surface area contributed by atoms with Crippen LogP contribution in [0.5, 0.6) is 5.75 Å². The highest BCUT2D eigenvalue weighted by Gasteiger charge is 2.29. The molecule has 0 aliphatic heterocycles. The van der Waals surface area contributed by atoms with E-state index in [-0.39, 0.29) is 0 Å². The molecule has 2 nitrogen and oxygen atoms in total. The monoisotopic (exact) mass is 205 g/mol. The van der Waals surface area contributed by atoms with Crippen LogP contribution in [0.3, 0.4) is 0 Å². The molecule has 0 radical (unpaired) electrons. The molecule has 0 spiro atoms. The van der Waals surface area contributed by atoms with Crippen molar-refractivity contribution in [2.45, 2.75) is 31.6 Å². The predicted molar refractivity (Wildman–Crippen MR) is 62.4 cm³/mol. The van der Waals surface area contributed by atoms with Gasteiger partial charge in [0.2, 0.25) is 0 Å². The third-order valence-corrected chi connectivity index (χ3v) is 3.41. The van der Waals surface area contributed by atoms with Crippen molar-refractivity contribution < 1.29 is 4.74 Å². The van der Waals surface area contributed by atoms with Crippen molar-refractivity contribution in [2.24, 2.45) is 5.73 Å². The molecule has 15 heavy (non-hydrogen) atoms. The number of nitrogens with two attached hydrogens (primary N) is 1. The van der Waals surface area contributed by atoms with Gasteiger partial charge in [0.15, 0.2) is 0 Å². The van der Waals surface area contributed by atoms with Gasteiger partial charge in [0.1, 0.15) is 5.75 Å². The molecule has 1 aromatic carbocycles. The number of hydrogen-bond donors (Lipinski definition) is 1. The predicted octanol–water partition coefficient (Wildman–Crippen LogP) is 2.63. The molecule has 1 aliphatic rings. The Balaban J connectivity index is 2.39. The van der Waals surface area contributed by atoms with Crippen LogP contribution in [0.25, 0.3) is 0 Å². The Morgan fingerprint density at radius 2 is 2.27 bits per heavy atom. The topological polar surface area (TPSA) is 35.2 Å². The zero-order chi connectivity index (χ0) is 10.8. The lowest BCUT2D eigenvalue weighted by Gasteiger charge is -2.11.